The smallest absolute Gasteiger partial charge is 0.335 e. The van der Waals surface area contributed by atoms with Crippen molar-refractivity contribution in [2.45, 2.75) is 25.0 Å². The number of rotatable bonds is 6. The molecule has 0 spiro atoms. The Balaban J connectivity index is 2.24. The summed E-state index contributed by atoms with van der Waals surface area (Å²) in [7, 11) is 0. The van der Waals surface area contributed by atoms with Crippen molar-refractivity contribution in [3.8, 4) is 0 Å². The minimum atomic E-state index is -1.07. The van der Waals surface area contributed by atoms with Crippen LogP contribution < -0.4 is 5.32 Å². The Hall–Kier alpha value is -2.60. The number of nitrogens with one attached hydrogen (secondary N) is 1. The fraction of sp³-hybridized carbons (Fsp3) is 0.211. The van der Waals surface area contributed by atoms with Crippen molar-refractivity contribution in [2.24, 2.45) is 0 Å². The number of benzene rings is 2. The number of carboxylic acid groups (broad SMARTS) is 1. The molecule has 5 nitrogen and oxygen atoms in total. The second-order valence-electron chi connectivity index (χ2n) is 5.83. The van der Waals surface area contributed by atoms with Crippen molar-refractivity contribution in [1.29, 1.82) is 0 Å². The van der Waals surface area contributed by atoms with Gasteiger partial charge >= 0.3 is 5.97 Å². The molecule has 0 saturated carbocycles. The summed E-state index contributed by atoms with van der Waals surface area (Å²) in [6, 6.07) is 15.5. The van der Waals surface area contributed by atoms with E-state index in [1.807, 2.05) is 30.3 Å². The highest BCUT2D eigenvalue weighted by Crippen LogP contribution is 2.31. The lowest BCUT2D eigenvalue weighted by Crippen LogP contribution is -2.40. The lowest BCUT2D eigenvalue weighted by atomic mass is 9.99. The summed E-state index contributed by atoms with van der Waals surface area (Å²) in [4.78, 5) is 35.5. The lowest BCUT2D eigenvalue weighted by Gasteiger charge is -2.26. The van der Waals surface area contributed by atoms with Crippen molar-refractivity contribution in [3.63, 3.8) is 0 Å². The molecule has 0 aliphatic rings. The van der Waals surface area contributed by atoms with E-state index in [9.17, 15) is 14.4 Å². The molecule has 0 heterocycles. The molecule has 0 bridgehead atoms. The molecule has 6 heteroatoms. The number of thioether (sulfide) groups is 1. The second kappa shape index (κ2) is 7.98. The maximum Gasteiger partial charge on any atom is 0.335 e. The van der Waals surface area contributed by atoms with Gasteiger partial charge in [0.25, 0.3) is 0 Å². The summed E-state index contributed by atoms with van der Waals surface area (Å²) in [5, 5.41) is 11.6. The van der Waals surface area contributed by atoms with E-state index < -0.39 is 10.7 Å². The molecule has 130 valence electrons. The van der Waals surface area contributed by atoms with Crippen LogP contribution in [0.15, 0.2) is 54.6 Å². The fourth-order valence-corrected chi connectivity index (χ4v) is 3.48. The first-order valence-electron chi connectivity index (χ1n) is 7.68. The summed E-state index contributed by atoms with van der Waals surface area (Å²) in [6.45, 7) is 3.13. The van der Waals surface area contributed by atoms with Gasteiger partial charge in [-0.05, 0) is 37.1 Å². The van der Waals surface area contributed by atoms with E-state index in [0.717, 1.165) is 17.3 Å². The summed E-state index contributed by atoms with van der Waals surface area (Å²) in [5.41, 5.74) is 1.41. The van der Waals surface area contributed by atoms with Gasteiger partial charge in [0.2, 0.25) is 5.91 Å². The van der Waals surface area contributed by atoms with Crippen LogP contribution in [0.3, 0.4) is 0 Å². The molecular formula is C19H19NO4S. The predicted octanol–water partition coefficient (Wildman–Crippen LogP) is 3.60. The Labute approximate surface area is 150 Å². The maximum atomic E-state index is 12.8. The zero-order valence-electron chi connectivity index (χ0n) is 14.0. The molecule has 0 saturated heterocycles. The standard InChI is InChI=1S/C19H19NO4S/c1-13(21)25-19(2,12-14-7-4-3-5-8-14)18(24)20-16-10-6-9-15(11-16)17(22)23/h3-11H,12H2,1-2H3,(H,20,24)(H,22,23). The first-order valence-corrected chi connectivity index (χ1v) is 8.50. The van der Waals surface area contributed by atoms with Gasteiger partial charge in [-0.25, -0.2) is 4.79 Å². The van der Waals surface area contributed by atoms with Crippen LogP contribution in [0.25, 0.3) is 0 Å². The molecule has 0 radical (unpaired) electrons. The molecule has 25 heavy (non-hydrogen) atoms. The van der Waals surface area contributed by atoms with E-state index in [2.05, 4.69) is 5.32 Å². The van der Waals surface area contributed by atoms with Crippen molar-refractivity contribution in [3.05, 3.63) is 65.7 Å². The minimum Gasteiger partial charge on any atom is -0.478 e. The van der Waals surface area contributed by atoms with Crippen LogP contribution in [-0.2, 0) is 16.0 Å². The molecule has 0 aromatic heterocycles. The van der Waals surface area contributed by atoms with Crippen LogP contribution in [0.1, 0.15) is 29.8 Å². The predicted molar refractivity (Wildman–Crippen MR) is 98.9 cm³/mol. The summed E-state index contributed by atoms with van der Waals surface area (Å²) >= 11 is 0.967. The van der Waals surface area contributed by atoms with Crippen molar-refractivity contribution in [2.75, 3.05) is 5.32 Å². The van der Waals surface area contributed by atoms with E-state index >= 15 is 0 Å². The normalized spacial score (nSPS) is 12.9. The van der Waals surface area contributed by atoms with Gasteiger partial charge in [-0.15, -0.1) is 0 Å². The number of carbonyl (C=O) groups excluding carboxylic acids is 2. The van der Waals surface area contributed by atoms with E-state index in [4.69, 9.17) is 5.11 Å². The van der Waals surface area contributed by atoms with Crippen LogP contribution in [0.5, 0.6) is 0 Å². The van der Waals surface area contributed by atoms with Crippen LogP contribution >= 0.6 is 11.8 Å². The Bertz CT molecular complexity index is 791. The van der Waals surface area contributed by atoms with Gasteiger partial charge in [-0.3, -0.25) is 9.59 Å². The monoisotopic (exact) mass is 357 g/mol. The number of carboxylic acids is 1. The molecule has 0 aliphatic heterocycles. The van der Waals surface area contributed by atoms with Crippen molar-refractivity contribution >= 4 is 34.4 Å². The van der Waals surface area contributed by atoms with Crippen LogP contribution in [0, 0.1) is 0 Å². The fourth-order valence-electron chi connectivity index (χ4n) is 2.46. The van der Waals surface area contributed by atoms with Gasteiger partial charge in [0, 0.05) is 12.6 Å². The molecular weight excluding hydrogens is 338 g/mol. The Kier molecular flexibility index (Phi) is 5.98. The van der Waals surface area contributed by atoms with Gasteiger partial charge < -0.3 is 10.4 Å². The van der Waals surface area contributed by atoms with E-state index in [1.54, 1.807) is 19.1 Å². The Morgan fingerprint density at radius 1 is 1.08 bits per heavy atom. The van der Waals surface area contributed by atoms with E-state index in [0.29, 0.717) is 12.1 Å². The minimum absolute atomic E-state index is 0.0850. The third-order valence-corrected chi connectivity index (χ3v) is 4.67. The van der Waals surface area contributed by atoms with Crippen molar-refractivity contribution in [1.82, 2.24) is 0 Å². The number of hydrogen-bond acceptors (Lipinski definition) is 4. The lowest BCUT2D eigenvalue weighted by molar-refractivity contribution is -0.118. The molecule has 2 aromatic carbocycles. The number of anilines is 1. The van der Waals surface area contributed by atoms with Gasteiger partial charge in [-0.2, -0.15) is 0 Å². The molecule has 2 aromatic rings. The van der Waals surface area contributed by atoms with Gasteiger partial charge in [0.05, 0.1) is 5.56 Å². The molecule has 2 N–H and O–H groups in total. The Morgan fingerprint density at radius 3 is 2.36 bits per heavy atom. The molecule has 1 atom stereocenters. The molecule has 2 rings (SSSR count). The summed E-state index contributed by atoms with van der Waals surface area (Å²) in [5.74, 6) is -1.42. The highest BCUT2D eigenvalue weighted by atomic mass is 32.2. The van der Waals surface area contributed by atoms with Crippen LogP contribution in [-0.4, -0.2) is 26.8 Å². The van der Waals surface area contributed by atoms with Gasteiger partial charge in [-0.1, -0.05) is 48.2 Å². The second-order valence-corrected chi connectivity index (χ2v) is 7.51. The van der Waals surface area contributed by atoms with E-state index in [1.165, 1.54) is 19.1 Å². The average Bonchev–Trinajstić information content (AvgIpc) is 2.55. The maximum absolute atomic E-state index is 12.8. The summed E-state index contributed by atoms with van der Waals surface area (Å²) in [6.07, 6.45) is 0.378. The first-order chi connectivity index (χ1) is 11.8. The number of aromatic carboxylic acids is 1. The number of hydrogen-bond donors (Lipinski definition) is 2. The highest BCUT2D eigenvalue weighted by Gasteiger charge is 2.36. The number of amides is 1. The van der Waals surface area contributed by atoms with Gasteiger partial charge in [0.1, 0.15) is 4.75 Å². The van der Waals surface area contributed by atoms with Gasteiger partial charge in [0.15, 0.2) is 5.12 Å². The Morgan fingerprint density at radius 2 is 1.76 bits per heavy atom. The van der Waals surface area contributed by atoms with Crippen LogP contribution in [0.4, 0.5) is 5.69 Å². The van der Waals surface area contributed by atoms with E-state index in [-0.39, 0.29) is 16.6 Å². The molecule has 1 unspecified atom stereocenters. The summed E-state index contributed by atoms with van der Waals surface area (Å²) < 4.78 is -1.01. The zero-order valence-corrected chi connectivity index (χ0v) is 14.8. The SMILES string of the molecule is CC(=O)SC(C)(Cc1ccccc1)C(=O)Nc1cccc(C(=O)O)c1. The van der Waals surface area contributed by atoms with Crippen LogP contribution in [0.2, 0.25) is 0 Å². The quantitative estimate of drug-likeness (QED) is 0.825. The third-order valence-electron chi connectivity index (χ3n) is 3.60. The zero-order chi connectivity index (χ0) is 18.4. The third kappa shape index (κ3) is 5.19. The molecule has 0 fully saturated rings. The number of carbonyl (C=O) groups is 3. The highest BCUT2D eigenvalue weighted by molar-refractivity contribution is 8.15. The topological polar surface area (TPSA) is 83.5 Å². The first kappa shape index (κ1) is 18.7. The van der Waals surface area contributed by atoms with Crippen molar-refractivity contribution < 1.29 is 19.5 Å². The molecule has 0 aliphatic carbocycles. The molecule has 1 amide bonds. The largest absolute Gasteiger partial charge is 0.478 e. The average molecular weight is 357 g/mol.